The lowest BCUT2D eigenvalue weighted by Gasteiger charge is -2.23. The number of aromatic nitrogens is 1. The number of carbonyl (C=O) groups excluding carboxylic acids is 3. The molecule has 1 aliphatic rings. The van der Waals surface area contributed by atoms with Gasteiger partial charge in [-0.2, -0.15) is 0 Å². The SMILES string of the molecule is CC(=O)Nc1nc(COC(=O)C[C@H]2Sc3ccccc3NC2=O)cs1. The lowest BCUT2D eigenvalue weighted by Crippen LogP contribution is -2.31. The molecule has 25 heavy (non-hydrogen) atoms. The number of carbonyl (C=O) groups is 3. The zero-order valence-corrected chi connectivity index (χ0v) is 14.9. The predicted molar refractivity (Wildman–Crippen MR) is 95.5 cm³/mol. The van der Waals surface area contributed by atoms with Crippen LogP contribution in [0.25, 0.3) is 0 Å². The molecule has 0 unspecified atom stereocenters. The van der Waals surface area contributed by atoms with Crippen molar-refractivity contribution in [3.63, 3.8) is 0 Å². The van der Waals surface area contributed by atoms with Gasteiger partial charge in [-0.1, -0.05) is 12.1 Å². The third-order valence-corrected chi connectivity index (χ3v) is 5.36. The van der Waals surface area contributed by atoms with Crippen LogP contribution in [0.1, 0.15) is 19.0 Å². The summed E-state index contributed by atoms with van der Waals surface area (Å²) >= 11 is 2.61. The van der Waals surface area contributed by atoms with Crippen molar-refractivity contribution in [1.82, 2.24) is 4.98 Å². The largest absolute Gasteiger partial charge is 0.459 e. The number of benzene rings is 1. The van der Waals surface area contributed by atoms with Crippen LogP contribution in [0.3, 0.4) is 0 Å². The van der Waals surface area contributed by atoms with E-state index in [4.69, 9.17) is 4.74 Å². The van der Waals surface area contributed by atoms with Crippen LogP contribution in [0.2, 0.25) is 0 Å². The number of hydrogen-bond donors (Lipinski definition) is 2. The average molecular weight is 377 g/mol. The van der Waals surface area contributed by atoms with E-state index in [1.54, 1.807) is 5.38 Å². The van der Waals surface area contributed by atoms with Gasteiger partial charge in [0.25, 0.3) is 0 Å². The molecule has 2 amide bonds. The van der Waals surface area contributed by atoms with Crippen LogP contribution in [-0.4, -0.2) is 28.0 Å². The van der Waals surface area contributed by atoms with Crippen molar-refractivity contribution in [2.45, 2.75) is 30.1 Å². The molecule has 2 heterocycles. The van der Waals surface area contributed by atoms with E-state index in [1.807, 2.05) is 24.3 Å². The second-order valence-corrected chi connectivity index (χ2v) is 7.38. The summed E-state index contributed by atoms with van der Waals surface area (Å²) in [4.78, 5) is 40.1. The Hall–Kier alpha value is -2.39. The van der Waals surface area contributed by atoms with E-state index in [2.05, 4.69) is 15.6 Å². The van der Waals surface area contributed by atoms with Crippen LogP contribution in [0, 0.1) is 0 Å². The maximum absolute atomic E-state index is 12.1. The van der Waals surface area contributed by atoms with Gasteiger partial charge < -0.3 is 15.4 Å². The number of amides is 2. The zero-order chi connectivity index (χ0) is 17.8. The predicted octanol–water partition coefficient (Wildman–Crippen LogP) is 2.65. The molecule has 2 aromatic rings. The summed E-state index contributed by atoms with van der Waals surface area (Å²) in [6, 6.07) is 7.45. The normalized spacial score (nSPS) is 15.9. The summed E-state index contributed by atoms with van der Waals surface area (Å²) in [6.45, 7) is 1.40. The highest BCUT2D eigenvalue weighted by molar-refractivity contribution is 8.01. The number of fused-ring (bicyclic) bond motifs is 1. The topological polar surface area (TPSA) is 97.4 Å². The summed E-state index contributed by atoms with van der Waals surface area (Å²) in [5.74, 6) is -0.887. The monoisotopic (exact) mass is 377 g/mol. The number of nitrogens with zero attached hydrogens (tertiary/aromatic N) is 1. The Morgan fingerprint density at radius 1 is 1.36 bits per heavy atom. The van der Waals surface area contributed by atoms with Gasteiger partial charge in [0, 0.05) is 17.2 Å². The Labute approximate surface area is 152 Å². The third-order valence-electron chi connectivity index (χ3n) is 3.27. The van der Waals surface area contributed by atoms with Gasteiger partial charge in [0.15, 0.2) is 5.13 Å². The highest BCUT2D eigenvalue weighted by Gasteiger charge is 2.29. The van der Waals surface area contributed by atoms with Gasteiger partial charge >= 0.3 is 5.97 Å². The summed E-state index contributed by atoms with van der Waals surface area (Å²) in [5.41, 5.74) is 1.31. The first-order valence-corrected chi connectivity index (χ1v) is 9.21. The molecule has 2 N–H and O–H groups in total. The van der Waals surface area contributed by atoms with E-state index >= 15 is 0 Å². The molecule has 1 aliphatic heterocycles. The van der Waals surface area contributed by atoms with Crippen molar-refractivity contribution in [3.05, 3.63) is 35.3 Å². The van der Waals surface area contributed by atoms with Gasteiger partial charge in [-0.3, -0.25) is 14.4 Å². The number of para-hydroxylation sites is 1. The molecule has 0 radical (unpaired) electrons. The molecular formula is C16H15N3O4S2. The standard InChI is InChI=1S/C16H15N3O4S2/c1-9(20)17-16-18-10(8-24-16)7-23-14(21)6-13-15(22)19-11-4-2-3-5-12(11)25-13/h2-5,8,13H,6-7H2,1H3,(H,19,22)(H,17,18,20)/t13-/m1/s1. The van der Waals surface area contributed by atoms with E-state index in [9.17, 15) is 14.4 Å². The molecular weight excluding hydrogens is 362 g/mol. The molecule has 0 fully saturated rings. The first kappa shape index (κ1) is 17.4. The summed E-state index contributed by atoms with van der Waals surface area (Å²) in [7, 11) is 0. The third kappa shape index (κ3) is 4.58. The molecule has 130 valence electrons. The van der Waals surface area contributed by atoms with Gasteiger partial charge in [0.1, 0.15) is 6.61 Å². The van der Waals surface area contributed by atoms with Crippen LogP contribution < -0.4 is 10.6 Å². The van der Waals surface area contributed by atoms with Gasteiger partial charge in [0.2, 0.25) is 11.8 Å². The van der Waals surface area contributed by atoms with E-state index in [-0.39, 0.29) is 24.8 Å². The van der Waals surface area contributed by atoms with Gasteiger partial charge in [-0.25, -0.2) is 4.98 Å². The minimum absolute atomic E-state index is 0.00447. The van der Waals surface area contributed by atoms with Crippen LogP contribution in [0.15, 0.2) is 34.5 Å². The molecule has 1 atom stereocenters. The Kier molecular flexibility index (Phi) is 5.34. The lowest BCUT2D eigenvalue weighted by atomic mass is 10.2. The smallest absolute Gasteiger partial charge is 0.307 e. The Morgan fingerprint density at radius 3 is 2.96 bits per heavy atom. The van der Waals surface area contributed by atoms with Crippen LogP contribution >= 0.6 is 23.1 Å². The summed E-state index contributed by atoms with van der Waals surface area (Å²) < 4.78 is 5.18. The van der Waals surface area contributed by atoms with Crippen molar-refractivity contribution in [3.8, 4) is 0 Å². The second kappa shape index (κ2) is 7.66. The van der Waals surface area contributed by atoms with Gasteiger partial charge in [-0.05, 0) is 12.1 Å². The number of thioether (sulfide) groups is 1. The first-order chi connectivity index (χ1) is 12.0. The molecule has 3 rings (SSSR count). The minimum atomic E-state index is -0.521. The maximum atomic E-state index is 12.1. The van der Waals surface area contributed by atoms with Crippen molar-refractivity contribution in [2.75, 3.05) is 10.6 Å². The number of rotatable bonds is 5. The van der Waals surface area contributed by atoms with Crippen molar-refractivity contribution >= 4 is 51.7 Å². The highest BCUT2D eigenvalue weighted by Crippen LogP contribution is 2.36. The highest BCUT2D eigenvalue weighted by atomic mass is 32.2. The number of hydrogen-bond acceptors (Lipinski definition) is 7. The zero-order valence-electron chi connectivity index (χ0n) is 13.3. The summed E-state index contributed by atoms with van der Waals surface area (Å²) in [5, 5.41) is 7.00. The molecule has 1 aromatic heterocycles. The molecule has 0 bridgehead atoms. The first-order valence-electron chi connectivity index (χ1n) is 7.45. The molecule has 0 spiro atoms. The molecule has 0 saturated carbocycles. The fourth-order valence-corrected chi connectivity index (χ4v) is 4.01. The summed E-state index contributed by atoms with van der Waals surface area (Å²) in [6.07, 6.45) is -0.0203. The lowest BCUT2D eigenvalue weighted by molar-refractivity contribution is -0.145. The Bertz CT molecular complexity index is 821. The maximum Gasteiger partial charge on any atom is 0.307 e. The quantitative estimate of drug-likeness (QED) is 0.778. The van der Waals surface area contributed by atoms with E-state index in [0.29, 0.717) is 10.8 Å². The number of esters is 1. The van der Waals surface area contributed by atoms with Crippen LogP contribution in [-0.2, 0) is 25.7 Å². The number of ether oxygens (including phenoxy) is 1. The minimum Gasteiger partial charge on any atom is -0.459 e. The second-order valence-electron chi connectivity index (χ2n) is 5.28. The van der Waals surface area contributed by atoms with Gasteiger partial charge in [-0.15, -0.1) is 23.1 Å². The number of thiazole rings is 1. The van der Waals surface area contributed by atoms with E-state index in [0.717, 1.165) is 10.6 Å². The average Bonchev–Trinajstić information content (AvgIpc) is 3.00. The molecule has 9 heteroatoms. The van der Waals surface area contributed by atoms with Crippen LogP contribution in [0.4, 0.5) is 10.8 Å². The Balaban J connectivity index is 1.52. The van der Waals surface area contributed by atoms with E-state index in [1.165, 1.54) is 30.0 Å². The van der Waals surface area contributed by atoms with Gasteiger partial charge in [0.05, 0.1) is 23.1 Å². The fraction of sp³-hybridized carbons (Fsp3) is 0.250. The van der Waals surface area contributed by atoms with Crippen molar-refractivity contribution in [2.24, 2.45) is 0 Å². The van der Waals surface area contributed by atoms with Crippen LogP contribution in [0.5, 0.6) is 0 Å². The molecule has 0 saturated heterocycles. The molecule has 0 aliphatic carbocycles. The number of nitrogens with one attached hydrogen (secondary N) is 2. The van der Waals surface area contributed by atoms with Crippen molar-refractivity contribution in [1.29, 1.82) is 0 Å². The van der Waals surface area contributed by atoms with E-state index < -0.39 is 11.2 Å². The molecule has 7 nitrogen and oxygen atoms in total. The molecule has 1 aromatic carbocycles. The number of anilines is 2. The Morgan fingerprint density at radius 2 is 2.16 bits per heavy atom. The van der Waals surface area contributed by atoms with Crippen molar-refractivity contribution < 1.29 is 19.1 Å². The fourth-order valence-electron chi connectivity index (χ4n) is 2.17.